The first-order valence-corrected chi connectivity index (χ1v) is 7.30. The maximum absolute atomic E-state index is 12.0. The molecular formula is C14H29N3O. The highest BCUT2D eigenvalue weighted by Crippen LogP contribution is 2.40. The first-order chi connectivity index (χ1) is 8.56. The van der Waals surface area contributed by atoms with E-state index in [2.05, 4.69) is 31.1 Å². The average molecular weight is 255 g/mol. The number of amides is 1. The number of hydrogen-bond acceptors (Lipinski definition) is 3. The molecule has 4 nitrogen and oxygen atoms in total. The lowest BCUT2D eigenvalue weighted by Gasteiger charge is -2.36. The second kappa shape index (κ2) is 7.10. The summed E-state index contributed by atoms with van der Waals surface area (Å²) in [5.74, 6) is 0.257. The molecule has 1 atom stereocenters. The van der Waals surface area contributed by atoms with E-state index < -0.39 is 5.54 Å². The minimum Gasteiger partial charge on any atom is -0.368 e. The van der Waals surface area contributed by atoms with Gasteiger partial charge in [0, 0.05) is 6.54 Å². The zero-order chi connectivity index (χ0) is 13.6. The predicted molar refractivity (Wildman–Crippen MR) is 75.3 cm³/mol. The van der Waals surface area contributed by atoms with Crippen molar-refractivity contribution in [2.24, 2.45) is 11.7 Å². The molecule has 1 saturated carbocycles. The molecule has 4 heteroatoms. The Labute approximate surface area is 111 Å². The summed E-state index contributed by atoms with van der Waals surface area (Å²) in [7, 11) is 2.09. The van der Waals surface area contributed by atoms with Crippen LogP contribution in [0.2, 0.25) is 0 Å². The molecule has 0 aromatic rings. The zero-order valence-corrected chi connectivity index (χ0v) is 12.2. The third-order valence-corrected chi connectivity index (χ3v) is 3.82. The van der Waals surface area contributed by atoms with Gasteiger partial charge in [0.25, 0.3) is 0 Å². The van der Waals surface area contributed by atoms with Crippen LogP contribution in [0, 0.1) is 5.92 Å². The Morgan fingerprint density at radius 3 is 2.50 bits per heavy atom. The molecular weight excluding hydrogens is 226 g/mol. The molecule has 18 heavy (non-hydrogen) atoms. The summed E-state index contributed by atoms with van der Waals surface area (Å²) >= 11 is 0. The van der Waals surface area contributed by atoms with Crippen LogP contribution in [0.15, 0.2) is 0 Å². The van der Waals surface area contributed by atoms with Crippen LogP contribution in [-0.2, 0) is 4.79 Å². The fourth-order valence-electron chi connectivity index (χ4n) is 2.55. The van der Waals surface area contributed by atoms with Crippen LogP contribution >= 0.6 is 0 Å². The molecule has 1 aliphatic carbocycles. The summed E-state index contributed by atoms with van der Waals surface area (Å²) in [6, 6.07) is 0. The number of hydrogen-bond donors (Lipinski definition) is 2. The number of carbonyl (C=O) groups is 1. The summed E-state index contributed by atoms with van der Waals surface area (Å²) in [6.07, 6.45) is 5.63. The fourth-order valence-corrected chi connectivity index (χ4v) is 2.55. The number of primary amides is 1. The number of nitrogens with two attached hydrogens (primary N) is 1. The lowest BCUT2D eigenvalue weighted by atomic mass is 9.91. The first-order valence-electron chi connectivity index (χ1n) is 7.30. The Hall–Kier alpha value is -0.610. The van der Waals surface area contributed by atoms with Gasteiger partial charge >= 0.3 is 0 Å². The first kappa shape index (κ1) is 15.4. The number of unbranched alkanes of at least 4 members (excludes halogenated alkanes) is 1. The topological polar surface area (TPSA) is 58.4 Å². The second-order valence-corrected chi connectivity index (χ2v) is 5.63. The number of rotatable bonds is 10. The molecule has 1 unspecified atom stereocenters. The van der Waals surface area contributed by atoms with Crippen LogP contribution in [-0.4, -0.2) is 43.0 Å². The molecule has 1 aliphatic rings. The minimum absolute atomic E-state index is 0.179. The molecule has 0 bridgehead atoms. The average Bonchev–Trinajstić information content (AvgIpc) is 3.15. The number of likely N-dealkylation sites (N-methyl/N-ethyl adjacent to an activating group) is 1. The van der Waals surface area contributed by atoms with Crippen molar-refractivity contribution >= 4 is 5.91 Å². The van der Waals surface area contributed by atoms with E-state index in [9.17, 15) is 4.79 Å². The lowest BCUT2D eigenvalue weighted by molar-refractivity contribution is -0.126. The van der Waals surface area contributed by atoms with E-state index in [0.717, 1.165) is 38.9 Å². The maximum Gasteiger partial charge on any atom is 0.239 e. The van der Waals surface area contributed by atoms with Gasteiger partial charge in [-0.2, -0.15) is 0 Å². The molecule has 0 saturated heterocycles. The van der Waals surface area contributed by atoms with Gasteiger partial charge in [-0.3, -0.25) is 4.79 Å². The Morgan fingerprint density at radius 1 is 1.39 bits per heavy atom. The summed E-state index contributed by atoms with van der Waals surface area (Å²) < 4.78 is 0. The summed E-state index contributed by atoms with van der Waals surface area (Å²) in [6.45, 7) is 6.94. The standard InChI is InChI=1S/C14H29N3O/c1-4-6-10-17(3)11-14(13(15)18,12-7-8-12)16-9-5-2/h12,16H,4-11H2,1-3H3,(H2,15,18). The highest BCUT2D eigenvalue weighted by atomic mass is 16.1. The van der Waals surface area contributed by atoms with Gasteiger partial charge in [0.15, 0.2) is 0 Å². The van der Waals surface area contributed by atoms with Crippen LogP contribution < -0.4 is 11.1 Å². The van der Waals surface area contributed by atoms with Crippen molar-refractivity contribution in [1.29, 1.82) is 0 Å². The van der Waals surface area contributed by atoms with Gasteiger partial charge in [-0.25, -0.2) is 0 Å². The van der Waals surface area contributed by atoms with Crippen LogP contribution in [0.5, 0.6) is 0 Å². The maximum atomic E-state index is 12.0. The van der Waals surface area contributed by atoms with Gasteiger partial charge < -0.3 is 16.0 Å². The Balaban J connectivity index is 2.65. The number of nitrogens with one attached hydrogen (secondary N) is 1. The van der Waals surface area contributed by atoms with Gasteiger partial charge in [0.05, 0.1) is 0 Å². The van der Waals surface area contributed by atoms with E-state index in [4.69, 9.17) is 5.73 Å². The monoisotopic (exact) mass is 255 g/mol. The van der Waals surface area contributed by atoms with Crippen LogP contribution in [0.25, 0.3) is 0 Å². The van der Waals surface area contributed by atoms with Crippen LogP contribution in [0.4, 0.5) is 0 Å². The highest BCUT2D eigenvalue weighted by molar-refractivity contribution is 5.86. The molecule has 0 heterocycles. The van der Waals surface area contributed by atoms with E-state index in [-0.39, 0.29) is 5.91 Å². The molecule has 0 aliphatic heterocycles. The van der Waals surface area contributed by atoms with Crippen molar-refractivity contribution in [2.45, 2.75) is 51.5 Å². The van der Waals surface area contributed by atoms with Crippen molar-refractivity contribution in [3.63, 3.8) is 0 Å². The van der Waals surface area contributed by atoms with Crippen LogP contribution in [0.1, 0.15) is 46.0 Å². The van der Waals surface area contributed by atoms with Gasteiger partial charge in [-0.15, -0.1) is 0 Å². The summed E-state index contributed by atoms with van der Waals surface area (Å²) in [5, 5.41) is 3.44. The number of carbonyl (C=O) groups excluding carboxylic acids is 1. The summed E-state index contributed by atoms with van der Waals surface area (Å²) in [5.41, 5.74) is 5.20. The second-order valence-electron chi connectivity index (χ2n) is 5.63. The zero-order valence-electron chi connectivity index (χ0n) is 12.2. The molecule has 106 valence electrons. The molecule has 1 amide bonds. The van der Waals surface area contributed by atoms with Gasteiger partial charge in [-0.1, -0.05) is 20.3 Å². The van der Waals surface area contributed by atoms with Crippen molar-refractivity contribution < 1.29 is 4.79 Å². The predicted octanol–water partition coefficient (Wildman–Crippen LogP) is 1.35. The normalized spacial score (nSPS) is 18.9. The Morgan fingerprint density at radius 2 is 2.06 bits per heavy atom. The van der Waals surface area contributed by atoms with Gasteiger partial charge in [-0.05, 0) is 51.7 Å². The molecule has 3 N–H and O–H groups in total. The van der Waals surface area contributed by atoms with E-state index in [1.165, 1.54) is 12.8 Å². The smallest absolute Gasteiger partial charge is 0.239 e. The van der Waals surface area contributed by atoms with E-state index in [1.54, 1.807) is 0 Å². The quantitative estimate of drug-likeness (QED) is 0.619. The van der Waals surface area contributed by atoms with Crippen molar-refractivity contribution in [2.75, 3.05) is 26.7 Å². The molecule has 0 spiro atoms. The molecule has 1 fully saturated rings. The molecule has 1 rings (SSSR count). The largest absolute Gasteiger partial charge is 0.368 e. The SMILES string of the molecule is CCCCN(C)CC(NCCC)(C(N)=O)C1CC1. The third kappa shape index (κ3) is 3.95. The summed E-state index contributed by atoms with van der Waals surface area (Å²) in [4.78, 5) is 14.2. The Bertz CT molecular complexity index is 266. The van der Waals surface area contributed by atoms with Crippen LogP contribution in [0.3, 0.4) is 0 Å². The fraction of sp³-hybridized carbons (Fsp3) is 0.929. The van der Waals surface area contributed by atoms with E-state index in [1.807, 2.05) is 0 Å². The minimum atomic E-state index is -0.501. The van der Waals surface area contributed by atoms with Crippen molar-refractivity contribution in [3.05, 3.63) is 0 Å². The van der Waals surface area contributed by atoms with Crippen molar-refractivity contribution in [3.8, 4) is 0 Å². The molecule has 0 radical (unpaired) electrons. The van der Waals surface area contributed by atoms with Gasteiger partial charge in [0.2, 0.25) is 5.91 Å². The number of nitrogens with zero attached hydrogens (tertiary/aromatic N) is 1. The third-order valence-electron chi connectivity index (χ3n) is 3.82. The van der Waals surface area contributed by atoms with E-state index in [0.29, 0.717) is 5.92 Å². The lowest BCUT2D eigenvalue weighted by Crippen LogP contribution is -2.63. The van der Waals surface area contributed by atoms with E-state index >= 15 is 0 Å². The highest BCUT2D eigenvalue weighted by Gasteiger charge is 2.49. The van der Waals surface area contributed by atoms with Crippen molar-refractivity contribution in [1.82, 2.24) is 10.2 Å². The Kier molecular flexibility index (Phi) is 6.09. The van der Waals surface area contributed by atoms with Gasteiger partial charge in [0.1, 0.15) is 5.54 Å². The molecule has 0 aromatic heterocycles. The molecule has 0 aromatic carbocycles.